The van der Waals surface area contributed by atoms with Gasteiger partial charge in [-0.3, -0.25) is 4.90 Å². The Morgan fingerprint density at radius 2 is 1.59 bits per heavy atom. The summed E-state index contributed by atoms with van der Waals surface area (Å²) < 4.78 is 31.1. The van der Waals surface area contributed by atoms with E-state index in [1.807, 2.05) is 19.1 Å². The van der Waals surface area contributed by atoms with Gasteiger partial charge in [-0.25, -0.2) is 13.0 Å². The van der Waals surface area contributed by atoms with E-state index < -0.39 is 10.0 Å². The molecule has 4 rings (SSSR count). The van der Waals surface area contributed by atoms with Gasteiger partial charge in [-0.1, -0.05) is 36.3 Å². The van der Waals surface area contributed by atoms with Crippen molar-refractivity contribution in [1.29, 1.82) is 0 Å². The van der Waals surface area contributed by atoms with E-state index in [1.54, 1.807) is 16.4 Å². The number of benzene rings is 1. The minimum atomic E-state index is -3.32. The number of rotatable bonds is 6. The smallest absolute Gasteiger partial charge is 0.243 e. The van der Waals surface area contributed by atoms with Crippen molar-refractivity contribution in [3.63, 3.8) is 0 Å². The van der Waals surface area contributed by atoms with Gasteiger partial charge in [-0.2, -0.15) is 4.31 Å². The lowest BCUT2D eigenvalue weighted by molar-refractivity contribution is 0.223. The lowest BCUT2D eigenvalue weighted by Gasteiger charge is -2.26. The van der Waals surface area contributed by atoms with E-state index in [0.717, 1.165) is 63.6 Å². The standard InChI is InChI=1S/C14H22N2O2S.C8H14N4O/c1-3-12(2)13-4-6-14(7-5-13)19(17,18)16-10-8-15-9-11-16;1-7-8(11-13-10-7)6-12-4-2-9-3-5-12/h4-7,12,15H,3,8-11H2,1-2H3;9H,2-6H2,1H3. The fourth-order valence-corrected chi connectivity index (χ4v) is 5.15. The second kappa shape index (κ2) is 11.9. The van der Waals surface area contributed by atoms with Gasteiger partial charge >= 0.3 is 0 Å². The van der Waals surface area contributed by atoms with E-state index in [4.69, 9.17) is 0 Å². The topological polar surface area (TPSA) is 104 Å². The van der Waals surface area contributed by atoms with Gasteiger partial charge in [0.1, 0.15) is 11.4 Å². The molecule has 2 aliphatic rings. The zero-order chi connectivity index (χ0) is 23.0. The molecule has 0 bridgehead atoms. The molecule has 2 aliphatic heterocycles. The van der Waals surface area contributed by atoms with E-state index in [-0.39, 0.29) is 0 Å². The molecular formula is C22H36N6O3S. The Morgan fingerprint density at radius 3 is 2.12 bits per heavy atom. The first-order valence-corrected chi connectivity index (χ1v) is 12.9. The van der Waals surface area contributed by atoms with Crippen molar-refractivity contribution in [2.75, 3.05) is 52.4 Å². The lowest BCUT2D eigenvalue weighted by atomic mass is 9.99. The highest BCUT2D eigenvalue weighted by Crippen LogP contribution is 2.22. The maximum Gasteiger partial charge on any atom is 0.243 e. The molecule has 178 valence electrons. The Bertz CT molecular complexity index is 919. The van der Waals surface area contributed by atoms with Crippen LogP contribution < -0.4 is 10.6 Å². The largest absolute Gasteiger partial charge is 0.314 e. The van der Waals surface area contributed by atoms with Crippen LogP contribution in [0.2, 0.25) is 0 Å². The summed E-state index contributed by atoms with van der Waals surface area (Å²) >= 11 is 0. The van der Waals surface area contributed by atoms with E-state index in [1.165, 1.54) is 5.56 Å². The van der Waals surface area contributed by atoms with Crippen LogP contribution in [-0.4, -0.2) is 80.3 Å². The number of sulfonamides is 1. The quantitative estimate of drug-likeness (QED) is 0.664. The molecule has 2 aromatic rings. The Morgan fingerprint density at radius 1 is 1.00 bits per heavy atom. The van der Waals surface area contributed by atoms with Gasteiger partial charge in [0.2, 0.25) is 10.0 Å². The van der Waals surface area contributed by atoms with Crippen molar-refractivity contribution in [2.24, 2.45) is 0 Å². The Labute approximate surface area is 191 Å². The summed E-state index contributed by atoms with van der Waals surface area (Å²) in [5.41, 5.74) is 3.06. The molecule has 0 amide bonds. The van der Waals surface area contributed by atoms with Crippen LogP contribution in [0.15, 0.2) is 33.8 Å². The van der Waals surface area contributed by atoms with Crippen LogP contribution in [0.4, 0.5) is 0 Å². The summed E-state index contributed by atoms with van der Waals surface area (Å²) in [5.74, 6) is 0.468. The third kappa shape index (κ3) is 6.58. The predicted molar refractivity (Wildman–Crippen MR) is 124 cm³/mol. The van der Waals surface area contributed by atoms with E-state index in [0.29, 0.717) is 23.9 Å². The van der Waals surface area contributed by atoms with Crippen LogP contribution in [0.3, 0.4) is 0 Å². The molecule has 0 radical (unpaired) electrons. The van der Waals surface area contributed by atoms with Gasteiger partial charge in [0.25, 0.3) is 0 Å². The third-order valence-electron chi connectivity index (χ3n) is 6.10. The molecule has 1 unspecified atom stereocenters. The molecule has 0 saturated carbocycles. The van der Waals surface area contributed by atoms with Crippen molar-refractivity contribution in [3.8, 4) is 0 Å². The van der Waals surface area contributed by atoms with Gasteiger partial charge in [0.05, 0.1) is 4.90 Å². The summed E-state index contributed by atoms with van der Waals surface area (Å²) in [6, 6.07) is 7.34. The highest BCUT2D eigenvalue weighted by molar-refractivity contribution is 7.89. The molecule has 32 heavy (non-hydrogen) atoms. The number of nitrogens with zero attached hydrogens (tertiary/aromatic N) is 4. The van der Waals surface area contributed by atoms with Crippen molar-refractivity contribution in [2.45, 2.75) is 44.6 Å². The summed E-state index contributed by atoms with van der Waals surface area (Å²) in [4.78, 5) is 2.75. The van der Waals surface area contributed by atoms with Gasteiger partial charge in [-0.15, -0.1) is 0 Å². The van der Waals surface area contributed by atoms with E-state index >= 15 is 0 Å². The molecular weight excluding hydrogens is 428 g/mol. The van der Waals surface area contributed by atoms with Crippen LogP contribution in [0.1, 0.15) is 43.1 Å². The van der Waals surface area contributed by atoms with Gasteiger partial charge in [0, 0.05) is 58.9 Å². The number of hydrogen-bond acceptors (Lipinski definition) is 8. The van der Waals surface area contributed by atoms with Gasteiger partial charge in [-0.05, 0) is 37.0 Å². The molecule has 3 heterocycles. The first kappa shape index (κ1) is 24.8. The highest BCUT2D eigenvalue weighted by atomic mass is 32.2. The van der Waals surface area contributed by atoms with Crippen LogP contribution in [0.25, 0.3) is 0 Å². The Kier molecular flexibility index (Phi) is 9.18. The number of nitrogens with one attached hydrogen (secondary N) is 2. The number of aromatic nitrogens is 2. The number of aryl methyl sites for hydroxylation is 1. The molecule has 1 atom stereocenters. The second-order valence-electron chi connectivity index (χ2n) is 8.35. The first-order chi connectivity index (χ1) is 15.4. The maximum atomic E-state index is 12.4. The summed E-state index contributed by atoms with van der Waals surface area (Å²) in [6.45, 7) is 13.9. The summed E-state index contributed by atoms with van der Waals surface area (Å²) in [7, 11) is -3.32. The molecule has 9 nitrogen and oxygen atoms in total. The molecule has 2 saturated heterocycles. The maximum absolute atomic E-state index is 12.4. The van der Waals surface area contributed by atoms with Crippen molar-refractivity contribution >= 4 is 10.0 Å². The molecule has 0 aliphatic carbocycles. The van der Waals surface area contributed by atoms with Gasteiger partial charge < -0.3 is 10.6 Å². The highest BCUT2D eigenvalue weighted by Gasteiger charge is 2.25. The zero-order valence-corrected chi connectivity index (χ0v) is 20.2. The third-order valence-corrected chi connectivity index (χ3v) is 8.02. The van der Waals surface area contributed by atoms with Crippen molar-refractivity contribution < 1.29 is 13.0 Å². The van der Waals surface area contributed by atoms with Crippen LogP contribution in [0, 0.1) is 6.92 Å². The van der Waals surface area contributed by atoms with Gasteiger partial charge in [0.15, 0.2) is 0 Å². The molecule has 10 heteroatoms. The van der Waals surface area contributed by atoms with Crippen molar-refractivity contribution in [3.05, 3.63) is 41.2 Å². The normalized spacial score (nSPS) is 19.2. The average molecular weight is 465 g/mol. The minimum absolute atomic E-state index is 0.404. The molecule has 0 spiro atoms. The van der Waals surface area contributed by atoms with Crippen LogP contribution >= 0.6 is 0 Å². The predicted octanol–water partition coefficient (Wildman–Crippen LogP) is 1.58. The molecule has 2 N–H and O–H groups in total. The number of piperazine rings is 2. The average Bonchev–Trinajstić information content (AvgIpc) is 3.24. The fourth-order valence-electron chi connectivity index (χ4n) is 3.71. The Balaban J connectivity index is 0.000000193. The van der Waals surface area contributed by atoms with Crippen molar-refractivity contribution in [1.82, 2.24) is 30.2 Å². The number of hydrogen-bond donors (Lipinski definition) is 2. The van der Waals surface area contributed by atoms with E-state index in [2.05, 4.69) is 44.3 Å². The minimum Gasteiger partial charge on any atom is -0.314 e. The summed E-state index contributed by atoms with van der Waals surface area (Å²) in [6.07, 6.45) is 1.06. The summed E-state index contributed by atoms with van der Waals surface area (Å²) in [5, 5.41) is 14.1. The fraction of sp³-hybridized carbons (Fsp3) is 0.636. The van der Waals surface area contributed by atoms with Crippen LogP contribution in [-0.2, 0) is 16.6 Å². The lowest BCUT2D eigenvalue weighted by Crippen LogP contribution is -2.46. The zero-order valence-electron chi connectivity index (χ0n) is 19.4. The Hall–Kier alpha value is -1.85. The second-order valence-corrected chi connectivity index (χ2v) is 10.3. The molecule has 1 aromatic heterocycles. The van der Waals surface area contributed by atoms with Crippen LogP contribution in [0.5, 0.6) is 0 Å². The first-order valence-electron chi connectivity index (χ1n) is 11.4. The molecule has 2 fully saturated rings. The van der Waals surface area contributed by atoms with E-state index in [9.17, 15) is 8.42 Å². The monoisotopic (exact) mass is 464 g/mol. The molecule has 1 aromatic carbocycles. The SMILES string of the molecule is CCC(C)c1ccc(S(=O)(=O)N2CCNCC2)cc1.Cc1nonc1CN1CCNCC1.